The number of alkyl carbamates (subject to hydrolysis) is 1. The number of pyridine rings is 2. The lowest BCUT2D eigenvalue weighted by molar-refractivity contribution is 0.0508. The number of hydrogen-bond donors (Lipinski definition) is 2. The van der Waals surface area contributed by atoms with Crippen molar-refractivity contribution in [1.82, 2.24) is 15.3 Å². The number of rotatable bonds is 4. The standard InChI is InChI=1S/C27H29N3O4/c1-15-14-20(33-6)21(22-19-8-7-13-28-24(19)25(31)30-23(15)22)18-11-9-17(10-12-18)16(2)29-26(32)34-27(3,4)5/h7-14,16H,1-6H3,(H,29,32)(H,30,31). The van der Waals surface area contributed by atoms with Crippen LogP contribution in [-0.2, 0) is 4.74 Å². The van der Waals surface area contributed by atoms with E-state index in [1.807, 2.05) is 77.1 Å². The third-order valence-electron chi connectivity index (χ3n) is 5.67. The number of methoxy groups -OCH3 is 1. The molecule has 2 aromatic carbocycles. The lowest BCUT2D eigenvalue weighted by Crippen LogP contribution is -2.34. The summed E-state index contributed by atoms with van der Waals surface area (Å²) in [5.41, 5.74) is 4.00. The fourth-order valence-electron chi connectivity index (χ4n) is 4.13. The Hall–Kier alpha value is -3.87. The molecule has 7 nitrogen and oxygen atoms in total. The summed E-state index contributed by atoms with van der Waals surface area (Å²) in [5, 5.41) is 4.52. The monoisotopic (exact) mass is 459 g/mol. The van der Waals surface area contributed by atoms with Gasteiger partial charge in [0.15, 0.2) is 0 Å². The van der Waals surface area contributed by atoms with E-state index in [1.165, 1.54) is 0 Å². The van der Waals surface area contributed by atoms with Gasteiger partial charge in [-0.3, -0.25) is 9.78 Å². The number of aromatic nitrogens is 2. The minimum Gasteiger partial charge on any atom is -0.496 e. The highest BCUT2D eigenvalue weighted by molar-refractivity contribution is 6.14. The van der Waals surface area contributed by atoms with Crippen molar-refractivity contribution in [1.29, 1.82) is 0 Å². The number of fused-ring (bicyclic) bond motifs is 3. The highest BCUT2D eigenvalue weighted by Crippen LogP contribution is 2.40. The smallest absolute Gasteiger partial charge is 0.408 e. The largest absolute Gasteiger partial charge is 0.496 e. The van der Waals surface area contributed by atoms with Crippen molar-refractivity contribution >= 4 is 27.9 Å². The Labute approximate surface area is 198 Å². The van der Waals surface area contributed by atoms with Gasteiger partial charge in [-0.05, 0) is 63.4 Å². The number of benzene rings is 2. The zero-order chi connectivity index (χ0) is 24.6. The molecular weight excluding hydrogens is 430 g/mol. The predicted octanol–water partition coefficient (Wildman–Crippen LogP) is 5.65. The first kappa shape index (κ1) is 23.3. The third kappa shape index (κ3) is 4.46. The van der Waals surface area contributed by atoms with Crippen molar-refractivity contribution in [3.8, 4) is 16.9 Å². The molecule has 0 spiro atoms. The SMILES string of the molecule is COc1cc(C)c2[nH]c(=O)c3ncccc3c2c1-c1ccc(C(C)NC(=O)OC(C)(C)C)cc1. The first-order valence-electron chi connectivity index (χ1n) is 11.2. The molecule has 0 fully saturated rings. The molecule has 0 bridgehead atoms. The highest BCUT2D eigenvalue weighted by atomic mass is 16.6. The Morgan fingerprint density at radius 2 is 1.85 bits per heavy atom. The molecule has 0 aliphatic carbocycles. The number of carbonyl (C=O) groups is 1. The number of H-pyrrole nitrogens is 1. The number of hydrogen-bond acceptors (Lipinski definition) is 5. The zero-order valence-corrected chi connectivity index (χ0v) is 20.3. The van der Waals surface area contributed by atoms with E-state index in [2.05, 4.69) is 15.3 Å². The zero-order valence-electron chi connectivity index (χ0n) is 20.3. The summed E-state index contributed by atoms with van der Waals surface area (Å²) in [6.45, 7) is 9.35. The average Bonchev–Trinajstić information content (AvgIpc) is 2.78. The van der Waals surface area contributed by atoms with Gasteiger partial charge in [-0.15, -0.1) is 0 Å². The number of carbonyl (C=O) groups excluding carboxylic acids is 1. The molecule has 0 saturated carbocycles. The second-order valence-corrected chi connectivity index (χ2v) is 9.36. The second kappa shape index (κ2) is 8.82. The maximum absolute atomic E-state index is 12.6. The Morgan fingerprint density at radius 3 is 2.50 bits per heavy atom. The Bertz CT molecular complexity index is 1430. The molecule has 0 saturated heterocycles. The molecular formula is C27H29N3O4. The van der Waals surface area contributed by atoms with Gasteiger partial charge in [0.1, 0.15) is 16.9 Å². The number of nitrogens with one attached hydrogen (secondary N) is 2. The van der Waals surface area contributed by atoms with Crippen molar-refractivity contribution < 1.29 is 14.3 Å². The van der Waals surface area contributed by atoms with Gasteiger partial charge in [0, 0.05) is 22.5 Å². The molecule has 2 aromatic heterocycles. The molecule has 2 heterocycles. The van der Waals surface area contributed by atoms with E-state index in [0.29, 0.717) is 11.3 Å². The van der Waals surface area contributed by atoms with Crippen LogP contribution in [0.4, 0.5) is 4.79 Å². The van der Waals surface area contributed by atoms with Gasteiger partial charge in [-0.25, -0.2) is 4.79 Å². The number of aryl methyl sites for hydroxylation is 1. The molecule has 7 heteroatoms. The predicted molar refractivity (Wildman–Crippen MR) is 134 cm³/mol. The van der Waals surface area contributed by atoms with Crippen LogP contribution in [0.1, 0.15) is 44.9 Å². The Balaban J connectivity index is 1.81. The van der Waals surface area contributed by atoms with Crippen LogP contribution in [0.3, 0.4) is 0 Å². The van der Waals surface area contributed by atoms with Gasteiger partial charge >= 0.3 is 6.09 Å². The van der Waals surface area contributed by atoms with Gasteiger partial charge in [-0.1, -0.05) is 30.3 Å². The van der Waals surface area contributed by atoms with E-state index in [-0.39, 0.29) is 11.6 Å². The molecule has 0 radical (unpaired) electrons. The van der Waals surface area contributed by atoms with E-state index in [0.717, 1.165) is 38.5 Å². The van der Waals surface area contributed by atoms with E-state index in [4.69, 9.17) is 9.47 Å². The van der Waals surface area contributed by atoms with Crippen molar-refractivity contribution in [3.63, 3.8) is 0 Å². The van der Waals surface area contributed by atoms with Crippen molar-refractivity contribution in [3.05, 3.63) is 70.1 Å². The second-order valence-electron chi connectivity index (χ2n) is 9.36. The Kier molecular flexibility index (Phi) is 6.04. The normalized spacial score (nSPS) is 12.5. The lowest BCUT2D eigenvalue weighted by atomic mass is 9.93. The maximum atomic E-state index is 12.6. The summed E-state index contributed by atoms with van der Waals surface area (Å²) in [6.07, 6.45) is 1.16. The first-order valence-corrected chi connectivity index (χ1v) is 11.2. The first-order chi connectivity index (χ1) is 16.1. The fraction of sp³-hybridized carbons (Fsp3) is 0.296. The summed E-state index contributed by atoms with van der Waals surface area (Å²) in [5.74, 6) is 0.704. The van der Waals surface area contributed by atoms with Crippen LogP contribution in [-0.4, -0.2) is 28.8 Å². The highest BCUT2D eigenvalue weighted by Gasteiger charge is 2.20. The molecule has 1 atom stereocenters. The van der Waals surface area contributed by atoms with Crippen LogP contribution in [0.2, 0.25) is 0 Å². The van der Waals surface area contributed by atoms with Crippen LogP contribution in [0.5, 0.6) is 5.75 Å². The molecule has 4 rings (SSSR count). The maximum Gasteiger partial charge on any atom is 0.408 e. The average molecular weight is 460 g/mol. The van der Waals surface area contributed by atoms with E-state index >= 15 is 0 Å². The summed E-state index contributed by atoms with van der Waals surface area (Å²) in [6, 6.07) is 13.3. The Morgan fingerprint density at radius 1 is 1.15 bits per heavy atom. The van der Waals surface area contributed by atoms with Gasteiger partial charge in [0.25, 0.3) is 5.56 Å². The van der Waals surface area contributed by atoms with Crippen LogP contribution >= 0.6 is 0 Å². The molecule has 0 aliphatic rings. The third-order valence-corrected chi connectivity index (χ3v) is 5.67. The summed E-state index contributed by atoms with van der Waals surface area (Å²) >= 11 is 0. The topological polar surface area (TPSA) is 93.3 Å². The van der Waals surface area contributed by atoms with Crippen molar-refractivity contribution in [2.75, 3.05) is 7.11 Å². The lowest BCUT2D eigenvalue weighted by Gasteiger charge is -2.22. The van der Waals surface area contributed by atoms with Crippen molar-refractivity contribution in [2.45, 2.75) is 46.3 Å². The van der Waals surface area contributed by atoms with E-state index in [9.17, 15) is 9.59 Å². The molecule has 1 unspecified atom stereocenters. The van der Waals surface area contributed by atoms with Gasteiger partial charge in [0.05, 0.1) is 18.7 Å². The molecule has 0 aliphatic heterocycles. The number of nitrogens with zero attached hydrogens (tertiary/aromatic N) is 1. The molecule has 176 valence electrons. The minimum atomic E-state index is -0.560. The molecule has 4 aromatic rings. The van der Waals surface area contributed by atoms with Crippen molar-refractivity contribution in [2.24, 2.45) is 0 Å². The van der Waals surface area contributed by atoms with Crippen LogP contribution in [0.15, 0.2) is 53.5 Å². The van der Waals surface area contributed by atoms with Crippen LogP contribution < -0.4 is 15.6 Å². The number of ether oxygens (including phenoxy) is 2. The number of amides is 1. The quantitative estimate of drug-likeness (QED) is 0.385. The summed E-state index contributed by atoms with van der Waals surface area (Å²) in [4.78, 5) is 32.1. The van der Waals surface area contributed by atoms with Gasteiger partial charge in [0.2, 0.25) is 0 Å². The van der Waals surface area contributed by atoms with Gasteiger partial charge in [-0.2, -0.15) is 0 Å². The summed E-state index contributed by atoms with van der Waals surface area (Å²) in [7, 11) is 1.64. The fourth-order valence-corrected chi connectivity index (χ4v) is 4.13. The number of aromatic amines is 1. The molecule has 34 heavy (non-hydrogen) atoms. The van der Waals surface area contributed by atoms with Crippen LogP contribution in [0, 0.1) is 6.92 Å². The summed E-state index contributed by atoms with van der Waals surface area (Å²) < 4.78 is 11.1. The van der Waals surface area contributed by atoms with Crippen LogP contribution in [0.25, 0.3) is 32.9 Å². The van der Waals surface area contributed by atoms with E-state index < -0.39 is 11.7 Å². The minimum absolute atomic E-state index is 0.222. The van der Waals surface area contributed by atoms with E-state index in [1.54, 1.807) is 13.3 Å². The molecule has 2 N–H and O–H groups in total. The molecule has 1 amide bonds. The van der Waals surface area contributed by atoms with Gasteiger partial charge < -0.3 is 19.8 Å².